The predicted molar refractivity (Wildman–Crippen MR) is 78.3 cm³/mol. The minimum absolute atomic E-state index is 0.00993. The summed E-state index contributed by atoms with van der Waals surface area (Å²) in [6, 6.07) is 4.81. The van der Waals surface area contributed by atoms with Gasteiger partial charge in [0.25, 0.3) is 0 Å². The zero-order chi connectivity index (χ0) is 14.8. The second-order valence-electron chi connectivity index (χ2n) is 4.50. The van der Waals surface area contributed by atoms with Gasteiger partial charge in [-0.05, 0) is 31.7 Å². The predicted octanol–water partition coefficient (Wildman–Crippen LogP) is 2.96. The quantitative estimate of drug-likeness (QED) is 0.391. The van der Waals surface area contributed by atoms with Crippen molar-refractivity contribution in [1.29, 1.82) is 0 Å². The lowest BCUT2D eigenvalue weighted by atomic mass is 10.2. The molecule has 0 radical (unpaired) electrons. The van der Waals surface area contributed by atoms with Gasteiger partial charge in [0.1, 0.15) is 0 Å². The van der Waals surface area contributed by atoms with E-state index < -0.39 is 4.92 Å². The summed E-state index contributed by atoms with van der Waals surface area (Å²) >= 11 is 0. The molecule has 0 unspecified atom stereocenters. The van der Waals surface area contributed by atoms with Crippen LogP contribution >= 0.6 is 0 Å². The van der Waals surface area contributed by atoms with Gasteiger partial charge in [0.2, 0.25) is 0 Å². The van der Waals surface area contributed by atoms with Gasteiger partial charge in [-0.2, -0.15) is 0 Å². The van der Waals surface area contributed by atoms with E-state index in [2.05, 4.69) is 5.32 Å². The first kappa shape index (κ1) is 16.2. The minimum atomic E-state index is -0.435. The lowest BCUT2D eigenvalue weighted by Gasteiger charge is -2.10. The Hall–Kier alpha value is -1.82. The van der Waals surface area contributed by atoms with Crippen molar-refractivity contribution in [2.24, 2.45) is 0 Å². The summed E-state index contributed by atoms with van der Waals surface area (Å²) in [5.74, 6) is 0.303. The fourth-order valence-corrected chi connectivity index (χ4v) is 1.75. The first-order valence-electron chi connectivity index (χ1n) is 6.95. The van der Waals surface area contributed by atoms with Crippen LogP contribution < -0.4 is 10.1 Å². The Labute approximate surface area is 118 Å². The van der Waals surface area contributed by atoms with Crippen LogP contribution in [0, 0.1) is 10.1 Å². The molecule has 0 aliphatic heterocycles. The van der Waals surface area contributed by atoms with Crippen molar-refractivity contribution in [1.82, 2.24) is 0 Å². The molecule has 0 bridgehead atoms. The fraction of sp³-hybridized carbons (Fsp3) is 0.571. The number of benzene rings is 1. The number of anilines is 1. The third kappa shape index (κ3) is 5.44. The van der Waals surface area contributed by atoms with Gasteiger partial charge in [-0.1, -0.05) is 6.92 Å². The molecule has 0 aliphatic rings. The SMILES string of the molecule is CCCOc1cc(NCCCCCO)ccc1[N+](=O)[O-]. The molecule has 0 aliphatic carbocycles. The molecule has 1 aromatic carbocycles. The van der Waals surface area contributed by atoms with E-state index >= 15 is 0 Å². The highest BCUT2D eigenvalue weighted by molar-refractivity contribution is 5.57. The number of rotatable bonds is 10. The van der Waals surface area contributed by atoms with E-state index in [4.69, 9.17) is 9.84 Å². The lowest BCUT2D eigenvalue weighted by molar-refractivity contribution is -0.385. The average Bonchev–Trinajstić information content (AvgIpc) is 2.44. The van der Waals surface area contributed by atoms with Gasteiger partial charge in [-0.15, -0.1) is 0 Å². The van der Waals surface area contributed by atoms with E-state index in [0.717, 1.165) is 37.9 Å². The minimum Gasteiger partial charge on any atom is -0.487 e. The molecular formula is C14H22N2O4. The van der Waals surface area contributed by atoms with E-state index in [1.54, 1.807) is 12.1 Å². The number of hydrogen-bond acceptors (Lipinski definition) is 5. The van der Waals surface area contributed by atoms with E-state index in [1.807, 2.05) is 6.92 Å². The Morgan fingerprint density at radius 1 is 1.35 bits per heavy atom. The molecule has 20 heavy (non-hydrogen) atoms. The number of nitro benzene ring substituents is 1. The van der Waals surface area contributed by atoms with Crippen LogP contribution in [-0.4, -0.2) is 29.8 Å². The van der Waals surface area contributed by atoms with Crippen molar-refractivity contribution in [3.63, 3.8) is 0 Å². The van der Waals surface area contributed by atoms with Gasteiger partial charge < -0.3 is 15.2 Å². The molecule has 6 heteroatoms. The molecule has 1 rings (SSSR count). The first-order chi connectivity index (χ1) is 9.69. The molecule has 0 fully saturated rings. The Morgan fingerprint density at radius 2 is 2.15 bits per heavy atom. The largest absolute Gasteiger partial charge is 0.487 e. The summed E-state index contributed by atoms with van der Waals surface area (Å²) in [6.07, 6.45) is 3.50. The smallest absolute Gasteiger partial charge is 0.311 e. The molecule has 1 aromatic rings. The maximum Gasteiger partial charge on any atom is 0.311 e. The van der Waals surface area contributed by atoms with Crippen LogP contribution in [0.25, 0.3) is 0 Å². The van der Waals surface area contributed by atoms with Gasteiger partial charge >= 0.3 is 5.69 Å². The Balaban J connectivity index is 2.61. The summed E-state index contributed by atoms with van der Waals surface area (Å²) < 4.78 is 5.42. The number of aliphatic hydroxyl groups excluding tert-OH is 1. The molecule has 0 atom stereocenters. The van der Waals surface area contributed by atoms with Gasteiger partial charge in [0.15, 0.2) is 5.75 Å². The van der Waals surface area contributed by atoms with Gasteiger partial charge in [-0.3, -0.25) is 10.1 Å². The van der Waals surface area contributed by atoms with Gasteiger partial charge in [0.05, 0.1) is 11.5 Å². The van der Waals surface area contributed by atoms with Crippen LogP contribution in [0.2, 0.25) is 0 Å². The summed E-state index contributed by atoms with van der Waals surface area (Å²) in [5.41, 5.74) is 0.801. The Morgan fingerprint density at radius 3 is 2.80 bits per heavy atom. The van der Waals surface area contributed by atoms with E-state index in [0.29, 0.717) is 12.4 Å². The third-order valence-electron chi connectivity index (χ3n) is 2.78. The number of nitrogens with zero attached hydrogens (tertiary/aromatic N) is 1. The number of nitrogens with one attached hydrogen (secondary N) is 1. The number of ether oxygens (including phenoxy) is 1. The van der Waals surface area contributed by atoms with Gasteiger partial charge in [0, 0.05) is 31.0 Å². The van der Waals surface area contributed by atoms with Crippen LogP contribution in [-0.2, 0) is 0 Å². The molecule has 0 spiro atoms. The molecule has 0 heterocycles. The van der Waals surface area contributed by atoms with Crippen molar-refractivity contribution in [3.8, 4) is 5.75 Å². The highest BCUT2D eigenvalue weighted by Crippen LogP contribution is 2.30. The summed E-state index contributed by atoms with van der Waals surface area (Å²) in [6.45, 7) is 3.40. The second-order valence-corrected chi connectivity index (χ2v) is 4.50. The summed E-state index contributed by atoms with van der Waals surface area (Å²) in [5, 5.41) is 22.8. The number of aliphatic hydroxyl groups is 1. The van der Waals surface area contributed by atoms with Crippen molar-refractivity contribution in [3.05, 3.63) is 28.3 Å². The summed E-state index contributed by atoms with van der Waals surface area (Å²) in [7, 11) is 0. The lowest BCUT2D eigenvalue weighted by Crippen LogP contribution is -2.04. The van der Waals surface area contributed by atoms with Crippen LogP contribution in [0.1, 0.15) is 32.6 Å². The second kappa shape index (κ2) is 9.14. The normalized spacial score (nSPS) is 10.3. The maximum absolute atomic E-state index is 10.9. The molecule has 6 nitrogen and oxygen atoms in total. The molecule has 0 aromatic heterocycles. The molecule has 0 saturated heterocycles. The Kier molecular flexibility index (Phi) is 7.42. The molecular weight excluding hydrogens is 260 g/mol. The van der Waals surface area contributed by atoms with E-state index in [1.165, 1.54) is 6.07 Å². The third-order valence-corrected chi connectivity index (χ3v) is 2.78. The highest BCUT2D eigenvalue weighted by Gasteiger charge is 2.15. The number of hydrogen-bond donors (Lipinski definition) is 2. The molecule has 112 valence electrons. The van der Waals surface area contributed by atoms with Crippen molar-refractivity contribution < 1.29 is 14.8 Å². The van der Waals surface area contributed by atoms with Crippen LogP contribution in [0.15, 0.2) is 18.2 Å². The summed E-state index contributed by atoms with van der Waals surface area (Å²) in [4.78, 5) is 10.5. The fourth-order valence-electron chi connectivity index (χ4n) is 1.75. The van der Waals surface area contributed by atoms with Crippen LogP contribution in [0.5, 0.6) is 5.75 Å². The van der Waals surface area contributed by atoms with E-state index in [9.17, 15) is 10.1 Å². The Bertz CT molecular complexity index is 424. The van der Waals surface area contributed by atoms with Gasteiger partial charge in [-0.25, -0.2) is 0 Å². The van der Waals surface area contributed by atoms with Crippen LogP contribution in [0.4, 0.5) is 11.4 Å². The van der Waals surface area contributed by atoms with Crippen molar-refractivity contribution in [2.75, 3.05) is 25.1 Å². The average molecular weight is 282 g/mol. The maximum atomic E-state index is 10.9. The van der Waals surface area contributed by atoms with E-state index in [-0.39, 0.29) is 12.3 Å². The topological polar surface area (TPSA) is 84.6 Å². The zero-order valence-corrected chi connectivity index (χ0v) is 11.8. The standard InChI is InChI=1S/C14H22N2O4/c1-2-10-20-14-11-12(6-7-13(14)16(18)19)15-8-4-3-5-9-17/h6-7,11,15,17H,2-5,8-10H2,1H3. The molecule has 0 saturated carbocycles. The number of unbranched alkanes of at least 4 members (excludes halogenated alkanes) is 2. The highest BCUT2D eigenvalue weighted by atomic mass is 16.6. The monoisotopic (exact) mass is 282 g/mol. The van der Waals surface area contributed by atoms with Crippen LogP contribution in [0.3, 0.4) is 0 Å². The molecule has 0 amide bonds. The first-order valence-corrected chi connectivity index (χ1v) is 6.95. The molecule has 2 N–H and O–H groups in total. The van der Waals surface area contributed by atoms with Crippen molar-refractivity contribution >= 4 is 11.4 Å². The van der Waals surface area contributed by atoms with Crippen molar-refractivity contribution in [2.45, 2.75) is 32.6 Å². The zero-order valence-electron chi connectivity index (χ0n) is 11.8. The number of nitro groups is 1.